The molecule has 2 rings (SSSR count). The Kier molecular flexibility index (Phi) is 7.51. The Bertz CT molecular complexity index is 823. The number of halogens is 3. The molecule has 1 atom stereocenters. The number of anilines is 1. The fraction of sp³-hybridized carbons (Fsp3) is 0.300. The van der Waals surface area contributed by atoms with Crippen molar-refractivity contribution in [2.45, 2.75) is 37.4 Å². The van der Waals surface area contributed by atoms with Crippen molar-refractivity contribution in [2.24, 2.45) is 0 Å². The molecule has 2 N–H and O–H groups in total. The molecule has 0 saturated heterocycles. The Morgan fingerprint density at radius 3 is 2.32 bits per heavy atom. The zero-order valence-electron chi connectivity index (χ0n) is 15.5. The van der Waals surface area contributed by atoms with Gasteiger partial charge in [-0.05, 0) is 24.6 Å². The molecule has 0 saturated carbocycles. The SMILES string of the molecule is CC(=O)NC(CC(=O)Nc1ccccc1SCC(F)(F)F)c1ccc(C)cc1. The lowest BCUT2D eigenvalue weighted by Gasteiger charge is -2.19. The number of aryl methyl sites for hydroxylation is 1. The third-order valence-electron chi connectivity index (χ3n) is 3.80. The van der Waals surface area contributed by atoms with E-state index in [2.05, 4.69) is 10.6 Å². The summed E-state index contributed by atoms with van der Waals surface area (Å²) >= 11 is 0.614. The minimum Gasteiger partial charge on any atom is -0.349 e. The Morgan fingerprint density at radius 2 is 1.71 bits per heavy atom. The summed E-state index contributed by atoms with van der Waals surface area (Å²) in [5.74, 6) is -1.73. The summed E-state index contributed by atoms with van der Waals surface area (Å²) in [5, 5.41) is 5.39. The molecule has 0 aromatic heterocycles. The molecule has 0 aliphatic rings. The maximum atomic E-state index is 12.5. The van der Waals surface area contributed by atoms with Gasteiger partial charge in [0, 0.05) is 11.8 Å². The highest BCUT2D eigenvalue weighted by Crippen LogP contribution is 2.32. The van der Waals surface area contributed by atoms with E-state index in [0.29, 0.717) is 22.3 Å². The number of carbonyl (C=O) groups is 2. The lowest BCUT2D eigenvalue weighted by atomic mass is 10.0. The standard InChI is InChI=1S/C20H21F3N2O2S/c1-13-7-9-15(10-8-13)17(24-14(2)26)11-19(27)25-16-5-3-4-6-18(16)28-12-20(21,22)23/h3-10,17H,11-12H2,1-2H3,(H,24,26)(H,25,27). The fourth-order valence-electron chi connectivity index (χ4n) is 2.54. The number of rotatable bonds is 7. The average Bonchev–Trinajstić information content (AvgIpc) is 2.60. The lowest BCUT2D eigenvalue weighted by Crippen LogP contribution is -2.29. The summed E-state index contributed by atoms with van der Waals surface area (Å²) in [4.78, 5) is 24.4. The van der Waals surface area contributed by atoms with Gasteiger partial charge >= 0.3 is 6.18 Å². The largest absolute Gasteiger partial charge is 0.398 e. The van der Waals surface area contributed by atoms with Gasteiger partial charge in [-0.2, -0.15) is 13.2 Å². The molecule has 0 bridgehead atoms. The summed E-state index contributed by atoms with van der Waals surface area (Å²) in [5.41, 5.74) is 2.13. The molecule has 0 radical (unpaired) electrons. The Balaban J connectivity index is 2.10. The summed E-state index contributed by atoms with van der Waals surface area (Å²) in [6, 6.07) is 13.2. The van der Waals surface area contributed by atoms with Crippen molar-refractivity contribution in [3.8, 4) is 0 Å². The molecule has 0 spiro atoms. The Labute approximate surface area is 165 Å². The molecule has 0 heterocycles. The predicted molar refractivity (Wildman–Crippen MR) is 104 cm³/mol. The summed E-state index contributed by atoms with van der Waals surface area (Å²) in [6.45, 7) is 3.29. The number of amides is 2. The first-order chi connectivity index (χ1) is 13.1. The van der Waals surface area contributed by atoms with E-state index >= 15 is 0 Å². The van der Waals surface area contributed by atoms with Gasteiger partial charge in [0.1, 0.15) is 0 Å². The van der Waals surface area contributed by atoms with Gasteiger partial charge in [0.25, 0.3) is 0 Å². The maximum Gasteiger partial charge on any atom is 0.398 e. The molecule has 150 valence electrons. The van der Waals surface area contributed by atoms with Crippen molar-refractivity contribution in [3.05, 3.63) is 59.7 Å². The van der Waals surface area contributed by atoms with Crippen LogP contribution < -0.4 is 10.6 Å². The van der Waals surface area contributed by atoms with Crippen LogP contribution in [0.4, 0.5) is 18.9 Å². The van der Waals surface area contributed by atoms with E-state index in [-0.39, 0.29) is 12.3 Å². The number of thioether (sulfide) groups is 1. The van der Waals surface area contributed by atoms with Crippen molar-refractivity contribution in [2.75, 3.05) is 11.1 Å². The Hall–Kier alpha value is -2.48. The summed E-state index contributed by atoms with van der Waals surface area (Å²) in [7, 11) is 0. The molecule has 2 aromatic carbocycles. The molecular formula is C20H21F3N2O2S. The van der Waals surface area contributed by atoms with E-state index < -0.39 is 23.9 Å². The highest BCUT2D eigenvalue weighted by Gasteiger charge is 2.28. The van der Waals surface area contributed by atoms with E-state index in [1.165, 1.54) is 13.0 Å². The van der Waals surface area contributed by atoms with Crippen LogP contribution in [0.2, 0.25) is 0 Å². The van der Waals surface area contributed by atoms with Crippen LogP contribution in [0.25, 0.3) is 0 Å². The number of carbonyl (C=O) groups excluding carboxylic acids is 2. The molecule has 8 heteroatoms. The van der Waals surface area contributed by atoms with Crippen molar-refractivity contribution >= 4 is 29.3 Å². The highest BCUT2D eigenvalue weighted by molar-refractivity contribution is 7.99. The minimum atomic E-state index is -4.30. The molecule has 0 aliphatic carbocycles. The van der Waals surface area contributed by atoms with Gasteiger partial charge in [-0.15, -0.1) is 11.8 Å². The number of hydrogen-bond donors (Lipinski definition) is 2. The average molecular weight is 410 g/mol. The summed E-state index contributed by atoms with van der Waals surface area (Å²) in [6.07, 6.45) is -4.34. The monoisotopic (exact) mass is 410 g/mol. The third-order valence-corrected chi connectivity index (χ3v) is 4.94. The first-order valence-electron chi connectivity index (χ1n) is 8.56. The number of nitrogens with one attached hydrogen (secondary N) is 2. The van der Waals surface area contributed by atoms with Crippen LogP contribution in [-0.4, -0.2) is 23.7 Å². The molecule has 2 aromatic rings. The van der Waals surface area contributed by atoms with Gasteiger partial charge < -0.3 is 10.6 Å². The number of para-hydroxylation sites is 1. The molecule has 1 unspecified atom stereocenters. The van der Waals surface area contributed by atoms with E-state index in [1.54, 1.807) is 18.2 Å². The van der Waals surface area contributed by atoms with Crippen LogP contribution in [0.5, 0.6) is 0 Å². The second-order valence-corrected chi connectivity index (χ2v) is 7.33. The predicted octanol–water partition coefficient (Wildman–Crippen LogP) is 4.86. The van der Waals surface area contributed by atoms with Crippen molar-refractivity contribution in [1.82, 2.24) is 5.32 Å². The second-order valence-electron chi connectivity index (χ2n) is 6.32. The summed E-state index contributed by atoms with van der Waals surface area (Å²) < 4.78 is 37.5. The number of benzene rings is 2. The van der Waals surface area contributed by atoms with E-state index in [9.17, 15) is 22.8 Å². The topological polar surface area (TPSA) is 58.2 Å². The first kappa shape index (κ1) is 21.8. The van der Waals surface area contributed by atoms with Gasteiger partial charge in [0.2, 0.25) is 11.8 Å². The van der Waals surface area contributed by atoms with Gasteiger partial charge in [-0.25, -0.2) is 0 Å². The van der Waals surface area contributed by atoms with Gasteiger partial charge in [0.05, 0.1) is 23.9 Å². The third kappa shape index (κ3) is 7.26. The van der Waals surface area contributed by atoms with Crippen LogP contribution in [0.15, 0.2) is 53.4 Å². The van der Waals surface area contributed by atoms with E-state index in [1.807, 2.05) is 31.2 Å². The molecule has 0 fully saturated rings. The van der Waals surface area contributed by atoms with Crippen LogP contribution in [0.3, 0.4) is 0 Å². The van der Waals surface area contributed by atoms with Crippen molar-refractivity contribution in [1.29, 1.82) is 0 Å². The molecule has 2 amide bonds. The molecule has 4 nitrogen and oxygen atoms in total. The quantitative estimate of drug-likeness (QED) is 0.641. The zero-order chi connectivity index (χ0) is 20.7. The van der Waals surface area contributed by atoms with Crippen molar-refractivity contribution in [3.63, 3.8) is 0 Å². The van der Waals surface area contributed by atoms with Gasteiger partial charge in [0.15, 0.2) is 0 Å². The smallest absolute Gasteiger partial charge is 0.349 e. The lowest BCUT2D eigenvalue weighted by molar-refractivity contribution is -0.120. The van der Waals surface area contributed by atoms with Crippen LogP contribution in [0.1, 0.15) is 30.5 Å². The van der Waals surface area contributed by atoms with Crippen LogP contribution in [-0.2, 0) is 9.59 Å². The van der Waals surface area contributed by atoms with E-state index in [0.717, 1.165) is 11.1 Å². The van der Waals surface area contributed by atoms with Crippen molar-refractivity contribution < 1.29 is 22.8 Å². The minimum absolute atomic E-state index is 0.0408. The van der Waals surface area contributed by atoms with E-state index in [4.69, 9.17) is 0 Å². The van der Waals surface area contributed by atoms with Crippen LogP contribution in [0, 0.1) is 6.92 Å². The molecule has 28 heavy (non-hydrogen) atoms. The highest BCUT2D eigenvalue weighted by atomic mass is 32.2. The molecular weight excluding hydrogens is 389 g/mol. The van der Waals surface area contributed by atoms with Gasteiger partial charge in [-0.3, -0.25) is 9.59 Å². The first-order valence-corrected chi connectivity index (χ1v) is 9.55. The number of hydrogen-bond acceptors (Lipinski definition) is 3. The molecule has 0 aliphatic heterocycles. The Morgan fingerprint density at radius 1 is 1.07 bits per heavy atom. The normalized spacial score (nSPS) is 12.3. The zero-order valence-corrected chi connectivity index (χ0v) is 16.3. The van der Waals surface area contributed by atoms with Gasteiger partial charge in [-0.1, -0.05) is 42.0 Å². The second kappa shape index (κ2) is 9.64. The maximum absolute atomic E-state index is 12.5. The fourth-order valence-corrected chi connectivity index (χ4v) is 3.31. The van der Waals surface area contributed by atoms with Crippen LogP contribution >= 0.6 is 11.8 Å². The number of alkyl halides is 3.